The summed E-state index contributed by atoms with van der Waals surface area (Å²) in [6.07, 6.45) is 9.74. The standard InChI is InChI=1S/C23H34N4O5/c24-6-2-1-3-7-25-23-10-15-9-19(28)20(29)12-22(23,31)11-17-21(30)26(14-18(15)27(17)23)13-16-5-4-8-32-16/h9-10,12,16-18,25,28-29,31H,1-8,11,13-14,24H2/b19-9+,20-12+/t16?,17-,18-,22?,23?/m0/s1. The first kappa shape index (κ1) is 21.9. The fraction of sp³-hybridized carbons (Fsp3) is 0.696. The van der Waals surface area contributed by atoms with Crippen LogP contribution < -0.4 is 11.1 Å². The maximum atomic E-state index is 13.5. The van der Waals surface area contributed by atoms with Crippen molar-refractivity contribution in [3.63, 3.8) is 0 Å². The van der Waals surface area contributed by atoms with Crippen LogP contribution in [-0.2, 0) is 9.53 Å². The molecule has 3 saturated heterocycles. The van der Waals surface area contributed by atoms with E-state index in [1.165, 1.54) is 6.08 Å². The van der Waals surface area contributed by atoms with Gasteiger partial charge >= 0.3 is 0 Å². The van der Waals surface area contributed by atoms with E-state index in [-0.39, 0.29) is 36.0 Å². The fourth-order valence-corrected chi connectivity index (χ4v) is 6.15. The van der Waals surface area contributed by atoms with Crippen LogP contribution in [0.5, 0.6) is 0 Å². The van der Waals surface area contributed by atoms with Gasteiger partial charge in [0.15, 0.2) is 11.5 Å². The number of nitrogens with one attached hydrogen (secondary N) is 1. The molecule has 0 spiro atoms. The monoisotopic (exact) mass is 446 g/mol. The summed E-state index contributed by atoms with van der Waals surface area (Å²) in [5.41, 5.74) is 3.84. The van der Waals surface area contributed by atoms with Gasteiger partial charge in [-0.3, -0.25) is 15.0 Å². The number of nitrogens with zero attached hydrogens (tertiary/aromatic N) is 2. The molecule has 0 aromatic carbocycles. The van der Waals surface area contributed by atoms with Gasteiger partial charge in [-0.25, -0.2) is 0 Å². The molecule has 176 valence electrons. The number of hydrogen-bond acceptors (Lipinski definition) is 8. The number of aliphatic hydroxyl groups excluding tert-OH is 2. The topological polar surface area (TPSA) is 132 Å². The average Bonchev–Trinajstić information content (AvgIpc) is 3.43. The number of carbonyl (C=O) groups is 1. The Balaban J connectivity index is 1.48. The fourth-order valence-electron chi connectivity index (χ4n) is 6.15. The van der Waals surface area contributed by atoms with E-state index in [9.17, 15) is 20.1 Å². The molecule has 5 rings (SSSR count). The van der Waals surface area contributed by atoms with Crippen molar-refractivity contribution in [1.29, 1.82) is 0 Å². The lowest BCUT2D eigenvalue weighted by Gasteiger charge is -2.47. The molecule has 3 unspecified atom stereocenters. The molecule has 5 aliphatic rings. The molecule has 0 aromatic rings. The second-order valence-electron chi connectivity index (χ2n) is 9.69. The minimum absolute atomic E-state index is 0.0155. The third-order valence-electron chi connectivity index (χ3n) is 7.66. The normalized spacial score (nSPS) is 41.7. The van der Waals surface area contributed by atoms with Crippen molar-refractivity contribution in [2.45, 2.75) is 68.0 Å². The molecule has 4 aliphatic heterocycles. The van der Waals surface area contributed by atoms with Gasteiger partial charge in [0, 0.05) is 26.1 Å². The number of hydrogen-bond donors (Lipinski definition) is 5. The lowest BCUT2D eigenvalue weighted by Crippen LogP contribution is -2.69. The largest absolute Gasteiger partial charge is 0.504 e. The molecule has 4 heterocycles. The Morgan fingerprint density at radius 2 is 2.03 bits per heavy atom. The molecule has 0 saturated carbocycles. The van der Waals surface area contributed by atoms with Crippen LogP contribution in [0.25, 0.3) is 0 Å². The minimum atomic E-state index is -1.55. The van der Waals surface area contributed by atoms with E-state index in [2.05, 4.69) is 10.2 Å². The van der Waals surface area contributed by atoms with Crippen LogP contribution >= 0.6 is 0 Å². The van der Waals surface area contributed by atoms with Gasteiger partial charge in [0.05, 0.1) is 18.2 Å². The Labute approximate surface area is 188 Å². The second-order valence-corrected chi connectivity index (χ2v) is 9.69. The van der Waals surface area contributed by atoms with Gasteiger partial charge in [-0.15, -0.1) is 0 Å². The van der Waals surface area contributed by atoms with Crippen LogP contribution in [0.2, 0.25) is 0 Å². The highest BCUT2D eigenvalue weighted by atomic mass is 16.5. The van der Waals surface area contributed by atoms with Gasteiger partial charge in [0.1, 0.15) is 11.3 Å². The number of rotatable bonds is 8. The molecular formula is C23H34N4O5. The SMILES string of the molecule is NCCCCCNC12C=C3/C=C(O)\C(O)=C/C1(O)C[C@H]1C(=O)N(CC4CCCO4)C[C@@H]3N12. The van der Waals surface area contributed by atoms with Gasteiger partial charge in [0.25, 0.3) is 0 Å². The zero-order chi connectivity index (χ0) is 22.5. The third-order valence-corrected chi connectivity index (χ3v) is 7.66. The molecule has 1 aliphatic carbocycles. The van der Waals surface area contributed by atoms with Crippen LogP contribution in [0.4, 0.5) is 0 Å². The van der Waals surface area contributed by atoms with Crippen LogP contribution in [0, 0.1) is 0 Å². The van der Waals surface area contributed by atoms with E-state index in [1.54, 1.807) is 6.08 Å². The van der Waals surface area contributed by atoms with E-state index in [0.717, 1.165) is 44.3 Å². The molecular weight excluding hydrogens is 412 g/mol. The maximum Gasteiger partial charge on any atom is 0.240 e. The minimum Gasteiger partial charge on any atom is -0.504 e. The van der Waals surface area contributed by atoms with E-state index < -0.39 is 17.3 Å². The Morgan fingerprint density at radius 1 is 1.19 bits per heavy atom. The number of ether oxygens (including phenoxy) is 1. The molecule has 6 N–H and O–H groups in total. The molecule has 3 fully saturated rings. The van der Waals surface area contributed by atoms with Crippen molar-refractivity contribution in [2.24, 2.45) is 5.73 Å². The lowest BCUT2D eigenvalue weighted by molar-refractivity contribution is -0.146. The number of carbonyl (C=O) groups excluding carboxylic acids is 1. The summed E-state index contributed by atoms with van der Waals surface area (Å²) in [7, 11) is 0. The maximum absolute atomic E-state index is 13.5. The molecule has 9 heteroatoms. The number of aliphatic hydroxyl groups is 3. The van der Waals surface area contributed by atoms with Crippen molar-refractivity contribution in [1.82, 2.24) is 15.1 Å². The number of nitrogens with two attached hydrogens (primary N) is 1. The predicted octanol–water partition coefficient (Wildman–Crippen LogP) is 0.434. The van der Waals surface area contributed by atoms with Gasteiger partial charge in [0.2, 0.25) is 5.91 Å². The summed E-state index contributed by atoms with van der Waals surface area (Å²) in [5, 5.41) is 36.2. The zero-order valence-electron chi connectivity index (χ0n) is 18.4. The van der Waals surface area contributed by atoms with Gasteiger partial charge in [-0.05, 0) is 62.6 Å². The van der Waals surface area contributed by atoms with E-state index in [1.807, 2.05) is 11.0 Å². The van der Waals surface area contributed by atoms with Gasteiger partial charge in [-0.2, -0.15) is 0 Å². The van der Waals surface area contributed by atoms with E-state index in [4.69, 9.17) is 10.5 Å². The van der Waals surface area contributed by atoms with Crippen LogP contribution in [0.15, 0.2) is 35.3 Å². The number of unbranched alkanes of at least 4 members (excludes halogenated alkanes) is 2. The average molecular weight is 447 g/mol. The molecule has 0 radical (unpaired) electrons. The van der Waals surface area contributed by atoms with Crippen molar-refractivity contribution < 1.29 is 24.9 Å². The third kappa shape index (κ3) is 3.30. The predicted molar refractivity (Wildman–Crippen MR) is 118 cm³/mol. The Hall–Kier alpha value is -1.91. The molecule has 9 nitrogen and oxygen atoms in total. The van der Waals surface area contributed by atoms with Gasteiger partial charge in [-0.1, -0.05) is 6.42 Å². The van der Waals surface area contributed by atoms with E-state index in [0.29, 0.717) is 26.2 Å². The Bertz CT molecular complexity index is 866. The highest BCUT2D eigenvalue weighted by Crippen LogP contribution is 2.53. The summed E-state index contributed by atoms with van der Waals surface area (Å²) in [6.45, 7) is 3.01. The van der Waals surface area contributed by atoms with Crippen LogP contribution in [-0.4, -0.2) is 93.3 Å². The lowest BCUT2D eigenvalue weighted by atomic mass is 9.84. The van der Waals surface area contributed by atoms with Crippen LogP contribution in [0.3, 0.4) is 0 Å². The Kier molecular flexibility index (Phi) is 5.58. The Morgan fingerprint density at radius 3 is 2.78 bits per heavy atom. The number of fused-ring (bicyclic) bond motifs is 1. The quantitative estimate of drug-likeness (QED) is 0.339. The zero-order valence-corrected chi connectivity index (χ0v) is 18.4. The van der Waals surface area contributed by atoms with E-state index >= 15 is 0 Å². The summed E-state index contributed by atoms with van der Waals surface area (Å²) >= 11 is 0. The van der Waals surface area contributed by atoms with Crippen molar-refractivity contribution in [2.75, 3.05) is 32.8 Å². The smallest absolute Gasteiger partial charge is 0.240 e. The highest BCUT2D eigenvalue weighted by molar-refractivity contribution is 5.85. The van der Waals surface area contributed by atoms with Crippen molar-refractivity contribution >= 4 is 5.91 Å². The summed E-state index contributed by atoms with van der Waals surface area (Å²) < 4.78 is 5.77. The highest BCUT2D eigenvalue weighted by Gasteiger charge is 2.69. The molecule has 0 aromatic heterocycles. The first-order chi connectivity index (χ1) is 15.4. The summed E-state index contributed by atoms with van der Waals surface area (Å²) in [6, 6.07) is -0.714. The van der Waals surface area contributed by atoms with Crippen molar-refractivity contribution in [3.8, 4) is 0 Å². The molecule has 1 amide bonds. The molecule has 32 heavy (non-hydrogen) atoms. The molecule has 2 bridgehead atoms. The van der Waals surface area contributed by atoms with Gasteiger partial charge < -0.3 is 30.7 Å². The molecule has 5 atom stereocenters. The van der Waals surface area contributed by atoms with Crippen molar-refractivity contribution in [3.05, 3.63) is 35.3 Å². The number of piperazine rings is 1. The number of amides is 1. The summed E-state index contributed by atoms with van der Waals surface area (Å²) in [4.78, 5) is 17.5. The summed E-state index contributed by atoms with van der Waals surface area (Å²) in [5.74, 6) is -0.648. The first-order valence-corrected chi connectivity index (χ1v) is 11.8. The van der Waals surface area contributed by atoms with Crippen LogP contribution in [0.1, 0.15) is 38.5 Å². The second kappa shape index (κ2) is 8.14. The first-order valence-electron chi connectivity index (χ1n) is 11.8.